The number of fused-ring (bicyclic) bond motifs is 6. The summed E-state index contributed by atoms with van der Waals surface area (Å²) in [4.78, 5) is 7.34. The second-order valence-electron chi connectivity index (χ2n) is 14.4. The van der Waals surface area contributed by atoms with Gasteiger partial charge in [0.15, 0.2) is 5.58 Å². The van der Waals surface area contributed by atoms with Crippen LogP contribution in [0.5, 0.6) is 0 Å². The predicted octanol–water partition coefficient (Wildman–Crippen LogP) is 13.8. The van der Waals surface area contributed by atoms with Gasteiger partial charge < -0.3 is 9.32 Å². The van der Waals surface area contributed by atoms with Gasteiger partial charge in [-0.2, -0.15) is 0 Å². The summed E-state index contributed by atoms with van der Waals surface area (Å²) in [6.07, 6.45) is 0. The van der Waals surface area contributed by atoms with Gasteiger partial charge in [0.1, 0.15) is 5.52 Å². The highest BCUT2D eigenvalue weighted by molar-refractivity contribution is 6.12. The number of anilines is 3. The molecular weight excluding hydrogens is 645 g/mol. The van der Waals surface area contributed by atoms with Crippen LogP contribution in [0.4, 0.5) is 17.1 Å². The lowest BCUT2D eigenvalue weighted by Gasteiger charge is -2.26. The quantitative estimate of drug-likeness (QED) is 0.175. The van der Waals surface area contributed by atoms with E-state index < -0.39 is 0 Å². The van der Waals surface area contributed by atoms with E-state index in [1.807, 2.05) is 36.4 Å². The zero-order valence-electron chi connectivity index (χ0n) is 29.6. The fraction of sp³-hybridized carbons (Fsp3) is 0.0600. The van der Waals surface area contributed by atoms with E-state index in [9.17, 15) is 0 Å². The molecule has 1 aliphatic carbocycles. The Morgan fingerprint density at radius 1 is 0.453 bits per heavy atom. The molecule has 0 aliphatic heterocycles. The number of aromatic nitrogens is 1. The van der Waals surface area contributed by atoms with Crippen LogP contribution in [0.25, 0.3) is 66.7 Å². The number of rotatable bonds is 6. The fourth-order valence-corrected chi connectivity index (χ4v) is 8.31. The molecule has 0 atom stereocenters. The summed E-state index contributed by atoms with van der Waals surface area (Å²) in [5, 5.41) is 2.23. The summed E-state index contributed by atoms with van der Waals surface area (Å²) in [6, 6.07) is 64.8. The standard InChI is InChI=1S/C50H36N2O/c1-50(2)43-21-10-9-18-42(43)47-41(20-12-22-44(47)50)34-25-30-39(31-26-34)52(37-16-7-4-8-17-37)38-28-23-33(24-29-38)40-19-11-15-35-27-32-45-48(46(35)40)51-49(53-45)36-13-5-3-6-14-36/h3-32H,1-2H3. The number of hydrogen-bond acceptors (Lipinski definition) is 3. The van der Waals surface area contributed by atoms with Gasteiger partial charge in [-0.15, -0.1) is 0 Å². The van der Waals surface area contributed by atoms with Gasteiger partial charge in [-0.3, -0.25) is 0 Å². The van der Waals surface area contributed by atoms with Crippen molar-refractivity contribution in [3.05, 3.63) is 193 Å². The van der Waals surface area contributed by atoms with Gasteiger partial charge in [0.25, 0.3) is 0 Å². The second kappa shape index (κ2) is 12.2. The lowest BCUT2D eigenvalue weighted by Crippen LogP contribution is -2.14. The van der Waals surface area contributed by atoms with Crippen LogP contribution in [-0.2, 0) is 5.41 Å². The first kappa shape index (κ1) is 31.1. The fourth-order valence-electron chi connectivity index (χ4n) is 8.31. The van der Waals surface area contributed by atoms with Crippen LogP contribution in [0, 0.1) is 0 Å². The van der Waals surface area contributed by atoms with Gasteiger partial charge in [-0.25, -0.2) is 4.98 Å². The topological polar surface area (TPSA) is 29.3 Å². The Kier molecular flexibility index (Phi) is 7.16. The lowest BCUT2D eigenvalue weighted by atomic mass is 9.82. The molecule has 0 radical (unpaired) electrons. The summed E-state index contributed by atoms with van der Waals surface area (Å²) < 4.78 is 6.27. The maximum absolute atomic E-state index is 6.27. The summed E-state index contributed by atoms with van der Waals surface area (Å²) >= 11 is 0. The van der Waals surface area contributed by atoms with Crippen LogP contribution in [0.2, 0.25) is 0 Å². The van der Waals surface area contributed by atoms with Crippen molar-refractivity contribution in [1.82, 2.24) is 4.98 Å². The van der Waals surface area contributed by atoms with Crippen molar-refractivity contribution in [3.8, 4) is 44.8 Å². The molecule has 0 unspecified atom stereocenters. The third-order valence-corrected chi connectivity index (χ3v) is 10.9. The molecule has 0 amide bonds. The predicted molar refractivity (Wildman–Crippen MR) is 220 cm³/mol. The van der Waals surface area contributed by atoms with Crippen LogP contribution in [0.3, 0.4) is 0 Å². The maximum atomic E-state index is 6.27. The third-order valence-electron chi connectivity index (χ3n) is 10.9. The molecule has 0 fully saturated rings. The molecule has 8 aromatic carbocycles. The van der Waals surface area contributed by atoms with E-state index in [4.69, 9.17) is 9.40 Å². The van der Waals surface area contributed by atoms with Crippen molar-refractivity contribution in [1.29, 1.82) is 0 Å². The summed E-state index contributed by atoms with van der Waals surface area (Å²) in [7, 11) is 0. The van der Waals surface area contributed by atoms with Gasteiger partial charge in [0.2, 0.25) is 5.89 Å². The Morgan fingerprint density at radius 2 is 1.02 bits per heavy atom. The normalized spacial score (nSPS) is 12.9. The van der Waals surface area contributed by atoms with Crippen LogP contribution in [0.15, 0.2) is 186 Å². The Hall–Kier alpha value is -6.71. The smallest absolute Gasteiger partial charge is 0.227 e. The molecule has 0 spiro atoms. The highest BCUT2D eigenvalue weighted by Crippen LogP contribution is 2.52. The molecule has 252 valence electrons. The molecule has 1 aromatic heterocycles. The van der Waals surface area contributed by atoms with Crippen molar-refractivity contribution in [2.24, 2.45) is 0 Å². The molecule has 0 bridgehead atoms. The van der Waals surface area contributed by atoms with Crippen LogP contribution in [-0.4, -0.2) is 4.98 Å². The van der Waals surface area contributed by atoms with Gasteiger partial charge >= 0.3 is 0 Å². The van der Waals surface area contributed by atoms with Crippen molar-refractivity contribution in [2.45, 2.75) is 19.3 Å². The highest BCUT2D eigenvalue weighted by atomic mass is 16.3. The number of benzene rings is 8. The van der Waals surface area contributed by atoms with Crippen molar-refractivity contribution in [3.63, 3.8) is 0 Å². The first-order chi connectivity index (χ1) is 26.0. The van der Waals surface area contributed by atoms with E-state index in [-0.39, 0.29) is 5.41 Å². The molecule has 0 saturated heterocycles. The Labute approximate surface area is 309 Å². The Balaban J connectivity index is 1.04. The molecule has 53 heavy (non-hydrogen) atoms. The first-order valence-electron chi connectivity index (χ1n) is 18.2. The number of hydrogen-bond donors (Lipinski definition) is 0. The molecular formula is C50H36N2O. The molecule has 10 rings (SSSR count). The van der Waals surface area contributed by atoms with E-state index in [0.29, 0.717) is 5.89 Å². The SMILES string of the molecule is CC1(C)c2ccccc2-c2c(-c3ccc(N(c4ccccc4)c4ccc(-c5cccc6ccc7oc(-c8ccccc8)nc7c56)cc4)cc3)cccc21. The molecule has 3 heteroatoms. The van der Waals surface area contributed by atoms with Crippen LogP contribution < -0.4 is 4.90 Å². The summed E-state index contributed by atoms with van der Waals surface area (Å²) in [5.74, 6) is 0.632. The highest BCUT2D eigenvalue weighted by Gasteiger charge is 2.36. The Bertz CT molecular complexity index is 2780. The Morgan fingerprint density at radius 3 is 1.75 bits per heavy atom. The molecule has 9 aromatic rings. The second-order valence-corrected chi connectivity index (χ2v) is 14.4. The molecule has 3 nitrogen and oxygen atoms in total. The van der Waals surface area contributed by atoms with Crippen molar-refractivity contribution < 1.29 is 4.42 Å². The van der Waals surface area contributed by atoms with Gasteiger partial charge in [0.05, 0.1) is 0 Å². The van der Waals surface area contributed by atoms with Crippen molar-refractivity contribution >= 4 is 38.9 Å². The largest absolute Gasteiger partial charge is 0.436 e. The van der Waals surface area contributed by atoms with Gasteiger partial charge in [0, 0.05) is 33.4 Å². The van der Waals surface area contributed by atoms with E-state index >= 15 is 0 Å². The van der Waals surface area contributed by atoms with Gasteiger partial charge in [-0.1, -0.05) is 141 Å². The minimum atomic E-state index is -0.0314. The zero-order chi connectivity index (χ0) is 35.5. The zero-order valence-corrected chi connectivity index (χ0v) is 29.6. The molecule has 0 saturated carbocycles. The maximum Gasteiger partial charge on any atom is 0.227 e. The van der Waals surface area contributed by atoms with Crippen molar-refractivity contribution in [2.75, 3.05) is 4.90 Å². The average Bonchev–Trinajstić information content (AvgIpc) is 3.76. The average molecular weight is 681 g/mol. The first-order valence-corrected chi connectivity index (χ1v) is 18.2. The number of nitrogens with zero attached hydrogens (tertiary/aromatic N) is 2. The molecule has 1 heterocycles. The third kappa shape index (κ3) is 5.08. The summed E-state index contributed by atoms with van der Waals surface area (Å²) in [6.45, 7) is 4.68. The van der Waals surface area contributed by atoms with Gasteiger partial charge in [-0.05, 0) is 104 Å². The molecule has 0 N–H and O–H groups in total. The lowest BCUT2D eigenvalue weighted by molar-refractivity contribution is 0.620. The number of para-hydroxylation sites is 1. The minimum Gasteiger partial charge on any atom is -0.436 e. The monoisotopic (exact) mass is 680 g/mol. The van der Waals surface area contributed by atoms with E-state index in [0.717, 1.165) is 55.6 Å². The van der Waals surface area contributed by atoms with E-state index in [2.05, 4.69) is 164 Å². The van der Waals surface area contributed by atoms with Crippen LogP contribution in [0.1, 0.15) is 25.0 Å². The number of oxazole rings is 1. The summed E-state index contributed by atoms with van der Waals surface area (Å²) in [5.41, 5.74) is 16.1. The van der Waals surface area contributed by atoms with E-state index in [1.165, 1.54) is 33.4 Å². The van der Waals surface area contributed by atoms with E-state index in [1.54, 1.807) is 0 Å². The van der Waals surface area contributed by atoms with Crippen LogP contribution >= 0.6 is 0 Å². The molecule has 1 aliphatic rings. The minimum absolute atomic E-state index is 0.0314.